The molecule has 0 amide bonds. The number of aromatic nitrogens is 1. The van der Waals surface area contributed by atoms with Crippen molar-refractivity contribution in [3.8, 4) is 0 Å². The molecule has 0 atom stereocenters. The lowest BCUT2D eigenvalue weighted by atomic mass is 10.1. The second kappa shape index (κ2) is 4.51. The molecule has 0 unspecified atom stereocenters. The Hall–Kier alpha value is -1.32. The van der Waals surface area contributed by atoms with Crippen molar-refractivity contribution in [2.75, 3.05) is 26.3 Å². The zero-order chi connectivity index (χ0) is 11.7. The lowest BCUT2D eigenvalue weighted by Crippen LogP contribution is -3.12. The average molecular weight is 231 g/mol. The van der Waals surface area contributed by atoms with Crippen molar-refractivity contribution in [2.24, 2.45) is 0 Å². The number of quaternary nitrogens is 1. The second-order valence-corrected chi connectivity index (χ2v) is 4.81. The van der Waals surface area contributed by atoms with Crippen molar-refractivity contribution in [3.63, 3.8) is 0 Å². The highest BCUT2D eigenvalue weighted by atomic mass is 16.5. The number of hydrogen-bond donors (Lipinski definition) is 2. The van der Waals surface area contributed by atoms with E-state index in [-0.39, 0.29) is 0 Å². The molecule has 0 aliphatic carbocycles. The van der Waals surface area contributed by atoms with E-state index in [4.69, 9.17) is 4.74 Å². The molecule has 1 fully saturated rings. The van der Waals surface area contributed by atoms with E-state index in [1.807, 2.05) is 0 Å². The Bertz CT molecular complexity index is 512. The summed E-state index contributed by atoms with van der Waals surface area (Å²) >= 11 is 0. The zero-order valence-corrected chi connectivity index (χ0v) is 10.3. The zero-order valence-electron chi connectivity index (χ0n) is 10.3. The van der Waals surface area contributed by atoms with Crippen molar-refractivity contribution in [3.05, 3.63) is 35.5 Å². The molecule has 1 saturated heterocycles. The van der Waals surface area contributed by atoms with Gasteiger partial charge in [0.1, 0.15) is 19.6 Å². The van der Waals surface area contributed by atoms with Crippen molar-refractivity contribution in [1.82, 2.24) is 4.98 Å². The van der Waals surface area contributed by atoms with E-state index in [9.17, 15) is 0 Å². The van der Waals surface area contributed by atoms with Crippen molar-refractivity contribution >= 4 is 10.9 Å². The number of benzene rings is 1. The fraction of sp³-hybridized carbons (Fsp3) is 0.429. The quantitative estimate of drug-likeness (QED) is 0.790. The number of morpholine rings is 1. The highest BCUT2D eigenvalue weighted by Crippen LogP contribution is 2.20. The van der Waals surface area contributed by atoms with Gasteiger partial charge in [-0.1, -0.05) is 18.2 Å². The molecule has 1 aliphatic heterocycles. The second-order valence-electron chi connectivity index (χ2n) is 4.81. The number of H-pyrrole nitrogens is 1. The van der Waals surface area contributed by atoms with Crippen LogP contribution in [0, 0.1) is 6.92 Å². The first-order valence-corrected chi connectivity index (χ1v) is 6.32. The third kappa shape index (κ3) is 2.08. The molecule has 0 bridgehead atoms. The highest BCUT2D eigenvalue weighted by molar-refractivity contribution is 5.84. The summed E-state index contributed by atoms with van der Waals surface area (Å²) < 4.78 is 5.41. The molecule has 1 aromatic carbocycles. The van der Waals surface area contributed by atoms with Crippen LogP contribution in [0.4, 0.5) is 0 Å². The predicted octanol–water partition coefficient (Wildman–Crippen LogP) is 0.891. The van der Waals surface area contributed by atoms with Gasteiger partial charge in [0.2, 0.25) is 0 Å². The van der Waals surface area contributed by atoms with Gasteiger partial charge in [-0.15, -0.1) is 0 Å². The summed E-state index contributed by atoms with van der Waals surface area (Å²) in [7, 11) is 0. The molecule has 1 aromatic heterocycles. The van der Waals surface area contributed by atoms with Crippen LogP contribution in [0.2, 0.25) is 0 Å². The molecule has 3 nitrogen and oxygen atoms in total. The Labute approximate surface area is 101 Å². The van der Waals surface area contributed by atoms with Gasteiger partial charge in [-0.25, -0.2) is 0 Å². The lowest BCUT2D eigenvalue weighted by molar-refractivity contribution is -0.921. The number of hydrogen-bond acceptors (Lipinski definition) is 1. The van der Waals surface area contributed by atoms with E-state index >= 15 is 0 Å². The summed E-state index contributed by atoms with van der Waals surface area (Å²) in [6, 6.07) is 8.58. The summed E-state index contributed by atoms with van der Waals surface area (Å²) in [4.78, 5) is 5.10. The topological polar surface area (TPSA) is 29.5 Å². The van der Waals surface area contributed by atoms with E-state index < -0.39 is 0 Å². The number of fused-ring (bicyclic) bond motifs is 1. The minimum absolute atomic E-state index is 0.900. The first-order chi connectivity index (χ1) is 8.34. The minimum Gasteiger partial charge on any atom is -0.370 e. The standard InChI is InChI=1S/C14H18N2O/c1-11-13(10-16-6-8-17-9-7-16)12-4-2-3-5-14(12)15-11/h2-5,15H,6-10H2,1H3/p+1. The van der Waals surface area contributed by atoms with Crippen LogP contribution in [0.1, 0.15) is 11.3 Å². The van der Waals surface area contributed by atoms with Gasteiger partial charge >= 0.3 is 0 Å². The maximum Gasteiger partial charge on any atom is 0.105 e. The van der Waals surface area contributed by atoms with E-state index in [0.29, 0.717) is 0 Å². The monoisotopic (exact) mass is 231 g/mol. The van der Waals surface area contributed by atoms with Gasteiger partial charge in [0.25, 0.3) is 0 Å². The normalized spacial score (nSPS) is 17.7. The van der Waals surface area contributed by atoms with Crippen LogP contribution >= 0.6 is 0 Å². The molecule has 90 valence electrons. The number of aromatic amines is 1. The number of ether oxygens (including phenoxy) is 1. The van der Waals surface area contributed by atoms with E-state index in [2.05, 4.69) is 36.2 Å². The molecule has 1 aliphatic rings. The molecule has 0 radical (unpaired) electrons. The Balaban J connectivity index is 1.90. The van der Waals surface area contributed by atoms with Gasteiger partial charge in [-0.05, 0) is 13.0 Å². The van der Waals surface area contributed by atoms with Gasteiger partial charge in [0, 0.05) is 22.2 Å². The largest absolute Gasteiger partial charge is 0.370 e. The molecule has 3 rings (SSSR count). The fourth-order valence-electron chi connectivity index (χ4n) is 2.65. The smallest absolute Gasteiger partial charge is 0.105 e. The van der Waals surface area contributed by atoms with E-state index in [1.165, 1.54) is 22.2 Å². The van der Waals surface area contributed by atoms with Crippen LogP contribution in [0.5, 0.6) is 0 Å². The van der Waals surface area contributed by atoms with Gasteiger partial charge in [-0.3, -0.25) is 0 Å². The maximum atomic E-state index is 5.41. The Kier molecular flexibility index (Phi) is 2.87. The molecule has 0 saturated carbocycles. The van der Waals surface area contributed by atoms with Gasteiger partial charge in [-0.2, -0.15) is 0 Å². The van der Waals surface area contributed by atoms with Crippen LogP contribution < -0.4 is 4.90 Å². The van der Waals surface area contributed by atoms with Gasteiger partial charge in [0.05, 0.1) is 13.2 Å². The summed E-state index contributed by atoms with van der Waals surface area (Å²) in [6.07, 6.45) is 0. The molecule has 2 heterocycles. The predicted molar refractivity (Wildman–Crippen MR) is 68.3 cm³/mol. The first kappa shape index (κ1) is 10.8. The molecule has 17 heavy (non-hydrogen) atoms. The van der Waals surface area contributed by atoms with E-state index in [0.717, 1.165) is 32.8 Å². The first-order valence-electron chi connectivity index (χ1n) is 6.32. The molecule has 3 heteroatoms. The van der Waals surface area contributed by atoms with Crippen LogP contribution in [0.25, 0.3) is 10.9 Å². The van der Waals surface area contributed by atoms with Crippen molar-refractivity contribution in [2.45, 2.75) is 13.5 Å². The molecule has 0 spiro atoms. The van der Waals surface area contributed by atoms with Crippen LogP contribution in [-0.4, -0.2) is 31.3 Å². The Morgan fingerprint density at radius 2 is 2.00 bits per heavy atom. The summed E-state index contributed by atoms with van der Waals surface area (Å²) in [5.74, 6) is 0. The molecule has 2 aromatic rings. The van der Waals surface area contributed by atoms with Gasteiger partial charge in [0.15, 0.2) is 0 Å². The third-order valence-electron chi connectivity index (χ3n) is 3.65. The van der Waals surface area contributed by atoms with E-state index in [1.54, 1.807) is 4.90 Å². The Morgan fingerprint density at radius 3 is 2.82 bits per heavy atom. The van der Waals surface area contributed by atoms with Crippen molar-refractivity contribution in [1.29, 1.82) is 0 Å². The van der Waals surface area contributed by atoms with Gasteiger partial charge < -0.3 is 14.6 Å². The number of para-hydroxylation sites is 1. The lowest BCUT2D eigenvalue weighted by Gasteiger charge is -2.23. The number of rotatable bonds is 2. The third-order valence-corrected chi connectivity index (χ3v) is 3.65. The fourth-order valence-corrected chi connectivity index (χ4v) is 2.65. The summed E-state index contributed by atoms with van der Waals surface area (Å²) in [5.41, 5.74) is 4.04. The summed E-state index contributed by atoms with van der Waals surface area (Å²) in [6.45, 7) is 7.33. The van der Waals surface area contributed by atoms with Crippen molar-refractivity contribution < 1.29 is 9.64 Å². The van der Waals surface area contributed by atoms with Crippen LogP contribution in [-0.2, 0) is 11.3 Å². The SMILES string of the molecule is Cc1[nH]c2ccccc2c1C[NH+]1CCOCC1. The number of aryl methyl sites for hydroxylation is 1. The molecular weight excluding hydrogens is 212 g/mol. The Morgan fingerprint density at radius 1 is 1.24 bits per heavy atom. The van der Waals surface area contributed by atoms with Crippen LogP contribution in [0.15, 0.2) is 24.3 Å². The van der Waals surface area contributed by atoms with Crippen LogP contribution in [0.3, 0.4) is 0 Å². The highest BCUT2D eigenvalue weighted by Gasteiger charge is 2.17. The minimum atomic E-state index is 0.900. The number of nitrogens with one attached hydrogen (secondary N) is 2. The average Bonchev–Trinajstić information content (AvgIpc) is 2.68. The molecule has 2 N–H and O–H groups in total. The molecular formula is C14H19N2O+. The summed E-state index contributed by atoms with van der Waals surface area (Å²) in [5, 5.41) is 1.38. The maximum absolute atomic E-state index is 5.41.